The maximum atomic E-state index is 6.21. The molecule has 0 aliphatic carbocycles. The maximum Gasteiger partial charge on any atom is 0.139 e. The van der Waals surface area contributed by atoms with E-state index < -0.39 is 0 Å². The lowest BCUT2D eigenvalue weighted by atomic mass is 10.1. The highest BCUT2D eigenvalue weighted by Crippen LogP contribution is 2.20. The number of nitrogens with two attached hydrogens (primary N) is 1. The lowest BCUT2D eigenvalue weighted by Crippen LogP contribution is -1.99. The van der Waals surface area contributed by atoms with Crippen molar-refractivity contribution in [3.8, 4) is 0 Å². The quantitative estimate of drug-likeness (QED) is 0.817. The molecule has 0 aliphatic rings. The van der Waals surface area contributed by atoms with Crippen LogP contribution in [0, 0.1) is 13.8 Å². The Morgan fingerprint density at radius 2 is 1.94 bits per heavy atom. The summed E-state index contributed by atoms with van der Waals surface area (Å²) in [5.74, 6) is 0.819. The summed E-state index contributed by atoms with van der Waals surface area (Å²) in [7, 11) is 0. The molecule has 2 N–H and O–H groups in total. The van der Waals surface area contributed by atoms with Crippen LogP contribution in [0.15, 0.2) is 12.1 Å². The van der Waals surface area contributed by atoms with Crippen LogP contribution >= 0.6 is 0 Å². The van der Waals surface area contributed by atoms with Gasteiger partial charge in [0.15, 0.2) is 0 Å². The molecular weight excluding hydrogens is 222 g/mol. The van der Waals surface area contributed by atoms with E-state index in [-0.39, 0.29) is 0 Å². The van der Waals surface area contributed by atoms with Gasteiger partial charge in [0.05, 0.1) is 5.69 Å². The van der Waals surface area contributed by atoms with Crippen molar-refractivity contribution in [1.29, 1.82) is 0 Å². The summed E-state index contributed by atoms with van der Waals surface area (Å²) < 4.78 is 2.06. The Morgan fingerprint density at radius 1 is 1.17 bits per heavy atom. The number of hydrogen-bond acceptors (Lipinski definition) is 2. The van der Waals surface area contributed by atoms with Gasteiger partial charge in [-0.3, -0.25) is 4.40 Å². The van der Waals surface area contributed by atoms with Crippen LogP contribution in [0.1, 0.15) is 49.6 Å². The molecule has 18 heavy (non-hydrogen) atoms. The number of aromatic nitrogens is 2. The van der Waals surface area contributed by atoms with Gasteiger partial charge < -0.3 is 5.73 Å². The van der Waals surface area contributed by atoms with Gasteiger partial charge in [0.1, 0.15) is 11.5 Å². The van der Waals surface area contributed by atoms with Gasteiger partial charge in [0, 0.05) is 5.69 Å². The summed E-state index contributed by atoms with van der Waals surface area (Å²) in [5.41, 5.74) is 10.6. The van der Waals surface area contributed by atoms with Crippen LogP contribution in [0.25, 0.3) is 5.65 Å². The van der Waals surface area contributed by atoms with E-state index in [1.807, 2.05) is 0 Å². The Hall–Kier alpha value is -1.51. The van der Waals surface area contributed by atoms with E-state index in [1.165, 1.54) is 31.2 Å². The number of hydrogen-bond donors (Lipinski definition) is 1. The zero-order valence-corrected chi connectivity index (χ0v) is 11.7. The highest BCUT2D eigenvalue weighted by atomic mass is 15.1. The number of fused-ring (bicyclic) bond motifs is 1. The van der Waals surface area contributed by atoms with Crippen molar-refractivity contribution < 1.29 is 0 Å². The van der Waals surface area contributed by atoms with Gasteiger partial charge in [-0.2, -0.15) is 0 Å². The average Bonchev–Trinajstić information content (AvgIpc) is 2.61. The van der Waals surface area contributed by atoms with Crippen molar-refractivity contribution in [1.82, 2.24) is 9.38 Å². The van der Waals surface area contributed by atoms with Crippen molar-refractivity contribution in [3.63, 3.8) is 0 Å². The standard InChI is InChI=1S/C15H23N3/c1-4-5-6-7-8-13-15(16)18-12(3)9-11(2)10-14(18)17-13/h9-10H,4-8,16H2,1-3H3. The Balaban J connectivity index is 2.24. The molecule has 2 aromatic heterocycles. The van der Waals surface area contributed by atoms with Crippen LogP contribution < -0.4 is 5.73 Å². The van der Waals surface area contributed by atoms with Gasteiger partial charge in [-0.25, -0.2) is 4.98 Å². The largest absolute Gasteiger partial charge is 0.383 e. The molecule has 0 saturated heterocycles. The minimum absolute atomic E-state index is 0.819. The second-order valence-electron chi connectivity index (χ2n) is 5.12. The fourth-order valence-electron chi connectivity index (χ4n) is 2.51. The number of pyridine rings is 1. The SMILES string of the molecule is CCCCCCc1nc2cc(C)cc(C)n2c1N. The molecule has 2 rings (SSSR count). The first-order chi connectivity index (χ1) is 8.63. The predicted molar refractivity (Wildman–Crippen MR) is 76.9 cm³/mol. The molecule has 0 bridgehead atoms. The number of imidazole rings is 1. The normalized spacial score (nSPS) is 11.3. The summed E-state index contributed by atoms with van der Waals surface area (Å²) in [6.07, 6.45) is 6.00. The van der Waals surface area contributed by atoms with Crippen LogP contribution in [0.5, 0.6) is 0 Å². The molecule has 0 spiro atoms. The van der Waals surface area contributed by atoms with Gasteiger partial charge in [0.2, 0.25) is 0 Å². The molecule has 2 heterocycles. The Morgan fingerprint density at radius 3 is 2.67 bits per heavy atom. The Kier molecular flexibility index (Phi) is 3.90. The van der Waals surface area contributed by atoms with E-state index in [0.717, 1.165) is 29.3 Å². The third-order valence-corrected chi connectivity index (χ3v) is 3.43. The molecule has 0 radical (unpaired) electrons. The fourth-order valence-corrected chi connectivity index (χ4v) is 2.51. The highest BCUT2D eigenvalue weighted by molar-refractivity contribution is 5.55. The van der Waals surface area contributed by atoms with E-state index in [0.29, 0.717) is 0 Å². The van der Waals surface area contributed by atoms with E-state index in [2.05, 4.69) is 42.3 Å². The van der Waals surface area contributed by atoms with Gasteiger partial charge in [-0.15, -0.1) is 0 Å². The molecule has 0 aromatic carbocycles. The van der Waals surface area contributed by atoms with E-state index >= 15 is 0 Å². The average molecular weight is 245 g/mol. The molecule has 3 nitrogen and oxygen atoms in total. The highest BCUT2D eigenvalue weighted by Gasteiger charge is 2.10. The molecule has 2 aromatic rings. The van der Waals surface area contributed by atoms with Crippen molar-refractivity contribution >= 4 is 11.5 Å². The molecule has 0 saturated carbocycles. The number of aryl methyl sites for hydroxylation is 3. The number of unbranched alkanes of at least 4 members (excludes halogenated alkanes) is 3. The maximum absolute atomic E-state index is 6.21. The molecule has 0 unspecified atom stereocenters. The van der Waals surface area contributed by atoms with Crippen molar-refractivity contribution in [3.05, 3.63) is 29.1 Å². The van der Waals surface area contributed by atoms with Gasteiger partial charge in [-0.05, 0) is 44.4 Å². The number of rotatable bonds is 5. The van der Waals surface area contributed by atoms with Gasteiger partial charge >= 0.3 is 0 Å². The van der Waals surface area contributed by atoms with Crippen LogP contribution in [0.3, 0.4) is 0 Å². The van der Waals surface area contributed by atoms with Crippen molar-refractivity contribution in [2.45, 2.75) is 52.9 Å². The third kappa shape index (κ3) is 2.50. The molecule has 0 amide bonds. The number of nitrogen functional groups attached to an aromatic ring is 1. The second-order valence-corrected chi connectivity index (χ2v) is 5.12. The van der Waals surface area contributed by atoms with E-state index in [9.17, 15) is 0 Å². The first-order valence-electron chi connectivity index (χ1n) is 6.87. The van der Waals surface area contributed by atoms with E-state index in [1.54, 1.807) is 0 Å². The Bertz CT molecular complexity index is 540. The second kappa shape index (κ2) is 5.42. The molecule has 3 heteroatoms. The monoisotopic (exact) mass is 245 g/mol. The summed E-state index contributed by atoms with van der Waals surface area (Å²) in [6, 6.07) is 4.24. The van der Waals surface area contributed by atoms with Crippen LogP contribution in [0.4, 0.5) is 5.82 Å². The molecule has 0 atom stereocenters. The lowest BCUT2D eigenvalue weighted by molar-refractivity contribution is 0.663. The number of nitrogens with zero attached hydrogens (tertiary/aromatic N) is 2. The summed E-state index contributed by atoms with van der Waals surface area (Å²) in [5, 5.41) is 0. The molecular formula is C15H23N3. The van der Waals surface area contributed by atoms with Crippen LogP contribution in [-0.2, 0) is 6.42 Å². The minimum atomic E-state index is 0.819. The lowest BCUT2D eigenvalue weighted by Gasteiger charge is -2.03. The van der Waals surface area contributed by atoms with Gasteiger partial charge in [0.25, 0.3) is 0 Å². The molecule has 98 valence electrons. The fraction of sp³-hybridized carbons (Fsp3) is 0.533. The first kappa shape index (κ1) is 12.9. The van der Waals surface area contributed by atoms with Crippen molar-refractivity contribution in [2.24, 2.45) is 0 Å². The summed E-state index contributed by atoms with van der Waals surface area (Å²) in [6.45, 7) is 6.41. The number of anilines is 1. The van der Waals surface area contributed by atoms with Gasteiger partial charge in [-0.1, -0.05) is 26.2 Å². The third-order valence-electron chi connectivity index (χ3n) is 3.43. The summed E-state index contributed by atoms with van der Waals surface area (Å²) in [4.78, 5) is 4.67. The first-order valence-corrected chi connectivity index (χ1v) is 6.87. The van der Waals surface area contributed by atoms with Crippen molar-refractivity contribution in [2.75, 3.05) is 5.73 Å². The summed E-state index contributed by atoms with van der Waals surface area (Å²) >= 11 is 0. The smallest absolute Gasteiger partial charge is 0.139 e. The van der Waals surface area contributed by atoms with E-state index in [4.69, 9.17) is 5.73 Å². The Labute approximate surface area is 109 Å². The zero-order chi connectivity index (χ0) is 13.1. The van der Waals surface area contributed by atoms with Crippen LogP contribution in [0.2, 0.25) is 0 Å². The molecule has 0 aliphatic heterocycles. The predicted octanol–water partition coefficient (Wildman–Crippen LogP) is 3.66. The topological polar surface area (TPSA) is 43.3 Å². The zero-order valence-electron chi connectivity index (χ0n) is 11.7. The molecule has 0 fully saturated rings. The minimum Gasteiger partial charge on any atom is -0.383 e. The van der Waals surface area contributed by atoms with Crippen LogP contribution in [-0.4, -0.2) is 9.38 Å².